The quantitative estimate of drug-likeness (QED) is 0.159. The lowest BCUT2D eigenvalue weighted by Gasteiger charge is -2.33. The maximum absolute atomic E-state index is 13.5. The molecule has 226 valence electrons. The van der Waals surface area contributed by atoms with Gasteiger partial charge < -0.3 is 9.30 Å². The van der Waals surface area contributed by atoms with Crippen LogP contribution in [-0.4, -0.2) is 42.5 Å². The summed E-state index contributed by atoms with van der Waals surface area (Å²) in [4.78, 5) is 5.40. The lowest BCUT2D eigenvalue weighted by Crippen LogP contribution is -2.39. The van der Waals surface area contributed by atoms with Crippen molar-refractivity contribution >= 4 is 44.3 Å². The lowest BCUT2D eigenvalue weighted by atomic mass is 9.85. The molecule has 0 bridgehead atoms. The molecule has 2 aliphatic rings. The Hall–Kier alpha value is -3.36. The summed E-state index contributed by atoms with van der Waals surface area (Å²) in [5.41, 5.74) is 5.52. The van der Waals surface area contributed by atoms with Crippen molar-refractivity contribution in [1.29, 1.82) is 0 Å². The van der Waals surface area contributed by atoms with Gasteiger partial charge in [0.1, 0.15) is 11.6 Å². The molecular weight excluding hydrogens is 613 g/mol. The monoisotopic (exact) mass is 645 g/mol. The molecule has 0 atom stereocenters. The normalized spacial score (nSPS) is 16.5. The molecule has 1 saturated carbocycles. The first-order valence-corrected chi connectivity index (χ1v) is 17.2. The Morgan fingerprint density at radius 3 is 2.00 bits per heavy atom. The summed E-state index contributed by atoms with van der Waals surface area (Å²) in [5, 5.41) is 1.40. The summed E-state index contributed by atoms with van der Waals surface area (Å²) in [6, 6.07) is 29.5. The number of methoxy groups -OCH3 is 1. The van der Waals surface area contributed by atoms with E-state index < -0.39 is 10.0 Å². The highest BCUT2D eigenvalue weighted by Crippen LogP contribution is 2.44. The van der Waals surface area contributed by atoms with Crippen LogP contribution in [0.2, 0.25) is 10.0 Å². The van der Waals surface area contributed by atoms with Crippen molar-refractivity contribution in [2.24, 2.45) is 0 Å². The molecule has 44 heavy (non-hydrogen) atoms. The second kappa shape index (κ2) is 11.9. The minimum Gasteiger partial charge on any atom is -0.497 e. The number of imidazole rings is 1. The zero-order chi connectivity index (χ0) is 30.4. The number of rotatable bonds is 8. The van der Waals surface area contributed by atoms with Gasteiger partial charge in [-0.3, -0.25) is 0 Å². The Morgan fingerprint density at radius 1 is 0.795 bits per heavy atom. The molecule has 1 aliphatic heterocycles. The molecule has 1 aliphatic carbocycles. The molecule has 7 rings (SSSR count). The fourth-order valence-electron chi connectivity index (χ4n) is 6.46. The van der Waals surface area contributed by atoms with Gasteiger partial charge in [0.25, 0.3) is 0 Å². The predicted octanol–water partition coefficient (Wildman–Crippen LogP) is 8.44. The first-order valence-electron chi connectivity index (χ1n) is 15.0. The number of sulfonamides is 1. The molecule has 4 aromatic carbocycles. The molecular formula is C35H33Cl2N3O3S. The van der Waals surface area contributed by atoms with E-state index in [1.54, 1.807) is 35.7 Å². The Bertz CT molecular complexity index is 1870. The summed E-state index contributed by atoms with van der Waals surface area (Å²) in [6.07, 6.45) is 3.71. The zero-order valence-corrected chi connectivity index (χ0v) is 26.7. The third kappa shape index (κ3) is 5.63. The topological polar surface area (TPSA) is 64.4 Å². The standard InChI is InChI=1S/C35H33Cl2N3O3S/c1-43-30-3-2-4-31(22-30)44(41,42)39-19-17-29(18-20-39)40-33-21-26(11-16-32(33)38-35(40)25-5-6-25)34(23-7-12-27(36)13-8-23)24-9-14-28(37)15-10-24/h2-4,7-16,21-22,25,29,34H,5-6,17-20H2,1H3. The van der Waals surface area contributed by atoms with Crippen LogP contribution in [0.1, 0.15) is 66.1 Å². The van der Waals surface area contributed by atoms with Gasteiger partial charge in [0, 0.05) is 47.1 Å². The van der Waals surface area contributed by atoms with E-state index in [1.807, 2.05) is 24.3 Å². The maximum atomic E-state index is 13.5. The molecule has 0 N–H and O–H groups in total. The smallest absolute Gasteiger partial charge is 0.243 e. The van der Waals surface area contributed by atoms with E-state index in [4.69, 9.17) is 32.9 Å². The SMILES string of the molecule is COc1cccc(S(=O)(=O)N2CCC(n3c(C4CC4)nc4ccc(C(c5ccc(Cl)cc5)c5ccc(Cl)cc5)cc43)CC2)c1. The van der Waals surface area contributed by atoms with Crippen LogP contribution in [0.15, 0.2) is 95.9 Å². The van der Waals surface area contributed by atoms with Crippen LogP contribution in [0, 0.1) is 0 Å². The number of piperidine rings is 1. The first-order chi connectivity index (χ1) is 21.3. The number of ether oxygens (including phenoxy) is 1. The van der Waals surface area contributed by atoms with Crippen molar-refractivity contribution < 1.29 is 13.2 Å². The van der Waals surface area contributed by atoms with Crippen molar-refractivity contribution in [2.75, 3.05) is 20.2 Å². The van der Waals surface area contributed by atoms with Gasteiger partial charge in [0.15, 0.2) is 0 Å². The minimum absolute atomic E-state index is 0.0171. The molecule has 0 radical (unpaired) electrons. The molecule has 0 unspecified atom stereocenters. The number of nitrogens with zero attached hydrogens (tertiary/aromatic N) is 3. The number of hydrogen-bond donors (Lipinski definition) is 0. The van der Waals surface area contributed by atoms with E-state index in [1.165, 1.54) is 0 Å². The van der Waals surface area contributed by atoms with Gasteiger partial charge in [-0.15, -0.1) is 0 Å². The Morgan fingerprint density at radius 2 is 1.41 bits per heavy atom. The number of aromatic nitrogens is 2. The van der Waals surface area contributed by atoms with Crippen LogP contribution in [-0.2, 0) is 10.0 Å². The predicted molar refractivity (Wildman–Crippen MR) is 176 cm³/mol. The van der Waals surface area contributed by atoms with E-state index in [0.29, 0.717) is 34.8 Å². The van der Waals surface area contributed by atoms with Crippen molar-refractivity contribution in [3.63, 3.8) is 0 Å². The third-order valence-corrected chi connectivity index (χ3v) is 11.3. The molecule has 1 saturated heterocycles. The first kappa shape index (κ1) is 29.4. The van der Waals surface area contributed by atoms with Crippen LogP contribution in [0.25, 0.3) is 11.0 Å². The van der Waals surface area contributed by atoms with Crippen LogP contribution in [0.3, 0.4) is 0 Å². The average Bonchev–Trinajstić information content (AvgIpc) is 3.83. The summed E-state index contributed by atoms with van der Waals surface area (Å²) < 4.78 is 36.3. The van der Waals surface area contributed by atoms with Crippen molar-refractivity contribution in [3.8, 4) is 5.75 Å². The molecule has 9 heteroatoms. The summed E-state index contributed by atoms with van der Waals surface area (Å²) in [7, 11) is -2.07. The summed E-state index contributed by atoms with van der Waals surface area (Å²) >= 11 is 12.5. The van der Waals surface area contributed by atoms with E-state index >= 15 is 0 Å². The molecule has 1 aromatic heterocycles. The highest BCUT2D eigenvalue weighted by Gasteiger charge is 2.35. The fraction of sp³-hybridized carbons (Fsp3) is 0.286. The summed E-state index contributed by atoms with van der Waals surface area (Å²) in [6.45, 7) is 0.901. The molecule has 2 fully saturated rings. The highest BCUT2D eigenvalue weighted by atomic mass is 35.5. The zero-order valence-electron chi connectivity index (χ0n) is 24.4. The minimum atomic E-state index is -3.62. The Balaban J connectivity index is 1.24. The van der Waals surface area contributed by atoms with E-state index in [9.17, 15) is 8.42 Å². The lowest BCUT2D eigenvalue weighted by molar-refractivity contribution is 0.274. The molecule has 0 amide bonds. The molecule has 0 spiro atoms. The van der Waals surface area contributed by atoms with Crippen LogP contribution >= 0.6 is 23.2 Å². The molecule has 5 aromatic rings. The van der Waals surface area contributed by atoms with E-state index in [0.717, 1.165) is 59.2 Å². The average molecular weight is 647 g/mol. The van der Waals surface area contributed by atoms with Gasteiger partial charge in [-0.25, -0.2) is 13.4 Å². The van der Waals surface area contributed by atoms with Crippen molar-refractivity contribution in [1.82, 2.24) is 13.9 Å². The number of fused-ring (bicyclic) bond motifs is 1. The molecule has 2 heterocycles. The van der Waals surface area contributed by atoms with Gasteiger partial charge in [-0.1, -0.05) is 59.6 Å². The van der Waals surface area contributed by atoms with Crippen LogP contribution < -0.4 is 4.74 Å². The molecule has 6 nitrogen and oxygen atoms in total. The largest absolute Gasteiger partial charge is 0.497 e. The van der Waals surface area contributed by atoms with Gasteiger partial charge >= 0.3 is 0 Å². The number of benzene rings is 4. The van der Waals surface area contributed by atoms with Gasteiger partial charge in [0.05, 0.1) is 23.0 Å². The number of hydrogen-bond acceptors (Lipinski definition) is 4. The number of halogens is 2. The van der Waals surface area contributed by atoms with Crippen LogP contribution in [0.4, 0.5) is 0 Å². The van der Waals surface area contributed by atoms with Crippen LogP contribution in [0.5, 0.6) is 5.75 Å². The summed E-state index contributed by atoms with van der Waals surface area (Å²) in [5.74, 6) is 2.09. The fourth-order valence-corrected chi connectivity index (χ4v) is 8.22. The van der Waals surface area contributed by atoms with Gasteiger partial charge in [-0.2, -0.15) is 4.31 Å². The van der Waals surface area contributed by atoms with E-state index in [2.05, 4.69) is 47.0 Å². The van der Waals surface area contributed by atoms with Gasteiger partial charge in [-0.05, 0) is 90.9 Å². The maximum Gasteiger partial charge on any atom is 0.243 e. The second-order valence-corrected chi connectivity index (χ2v) is 14.5. The van der Waals surface area contributed by atoms with E-state index in [-0.39, 0.29) is 16.9 Å². The van der Waals surface area contributed by atoms with Gasteiger partial charge in [0.2, 0.25) is 10.0 Å². The second-order valence-electron chi connectivity index (χ2n) is 11.7. The third-order valence-electron chi connectivity index (χ3n) is 8.89. The van der Waals surface area contributed by atoms with Crippen molar-refractivity contribution in [3.05, 3.63) is 124 Å². The van der Waals surface area contributed by atoms with Crippen molar-refractivity contribution in [2.45, 2.75) is 48.5 Å². The highest BCUT2D eigenvalue weighted by molar-refractivity contribution is 7.89. The Labute approximate surface area is 268 Å². The Kier molecular flexibility index (Phi) is 7.91.